The molecular formula is C17H28N2O6S. The first-order valence-corrected chi connectivity index (χ1v) is 9.73. The lowest BCUT2D eigenvalue weighted by Crippen LogP contribution is -2.39. The van der Waals surface area contributed by atoms with Gasteiger partial charge in [0.05, 0.1) is 26.9 Å². The van der Waals surface area contributed by atoms with Gasteiger partial charge < -0.3 is 19.5 Å². The summed E-state index contributed by atoms with van der Waals surface area (Å²) < 4.78 is 42.1. The molecular weight excluding hydrogens is 360 g/mol. The minimum Gasteiger partial charge on any atom is -0.497 e. The molecule has 0 heterocycles. The Labute approximate surface area is 155 Å². The van der Waals surface area contributed by atoms with Gasteiger partial charge in [-0.3, -0.25) is 4.79 Å². The van der Waals surface area contributed by atoms with Gasteiger partial charge in [0.1, 0.15) is 16.4 Å². The predicted molar refractivity (Wildman–Crippen MR) is 98.1 cm³/mol. The van der Waals surface area contributed by atoms with Crippen LogP contribution in [0.1, 0.15) is 20.3 Å². The second-order valence-corrected chi connectivity index (χ2v) is 7.91. The van der Waals surface area contributed by atoms with Gasteiger partial charge in [-0.2, -0.15) is 4.31 Å². The van der Waals surface area contributed by atoms with Crippen LogP contribution in [0.25, 0.3) is 0 Å². The van der Waals surface area contributed by atoms with E-state index in [1.165, 1.54) is 33.4 Å². The third-order valence-electron chi connectivity index (χ3n) is 3.52. The van der Waals surface area contributed by atoms with Crippen molar-refractivity contribution >= 4 is 15.9 Å². The summed E-state index contributed by atoms with van der Waals surface area (Å²) in [6.07, 6.45) is 0.796. The van der Waals surface area contributed by atoms with Gasteiger partial charge in [0, 0.05) is 26.3 Å². The molecule has 1 rings (SSSR count). The standard InChI is InChI=1S/C17H28N2O6S/c1-13(2)25-10-6-9-18-17(20)12-19(3)26(21,22)16-11-14(23-4)7-8-15(16)24-5/h7-8,11,13H,6,9-10,12H2,1-5H3,(H,18,20). The molecule has 0 atom stereocenters. The third kappa shape index (κ3) is 6.47. The number of nitrogens with one attached hydrogen (secondary N) is 1. The van der Waals surface area contributed by atoms with Gasteiger partial charge in [0.25, 0.3) is 0 Å². The van der Waals surface area contributed by atoms with Gasteiger partial charge in [-0.05, 0) is 32.4 Å². The average Bonchev–Trinajstić information content (AvgIpc) is 2.60. The molecule has 0 bridgehead atoms. The molecule has 0 radical (unpaired) electrons. The minimum atomic E-state index is -3.91. The molecule has 0 fully saturated rings. The molecule has 0 aromatic heterocycles. The topological polar surface area (TPSA) is 94.2 Å². The molecule has 148 valence electrons. The number of hydrogen-bond acceptors (Lipinski definition) is 6. The van der Waals surface area contributed by atoms with E-state index in [1.54, 1.807) is 6.07 Å². The van der Waals surface area contributed by atoms with Crippen LogP contribution in [0.5, 0.6) is 11.5 Å². The lowest BCUT2D eigenvalue weighted by Gasteiger charge is -2.19. The maximum atomic E-state index is 12.8. The summed E-state index contributed by atoms with van der Waals surface area (Å²) in [6.45, 7) is 4.53. The molecule has 0 spiro atoms. The Bertz CT molecular complexity index is 690. The fourth-order valence-corrected chi connectivity index (χ4v) is 3.41. The molecule has 0 unspecified atom stereocenters. The van der Waals surface area contributed by atoms with Crippen LogP contribution in [-0.4, -0.2) is 65.7 Å². The summed E-state index contributed by atoms with van der Waals surface area (Å²) in [5.74, 6) is 0.179. The van der Waals surface area contributed by atoms with E-state index in [0.717, 1.165) is 4.31 Å². The van der Waals surface area contributed by atoms with E-state index >= 15 is 0 Å². The fraction of sp³-hybridized carbons (Fsp3) is 0.588. The molecule has 1 N–H and O–H groups in total. The summed E-state index contributed by atoms with van der Waals surface area (Å²) in [7, 11) is 0.254. The predicted octanol–water partition coefficient (Wildman–Crippen LogP) is 1.26. The number of hydrogen-bond donors (Lipinski definition) is 1. The maximum absolute atomic E-state index is 12.8. The van der Waals surface area contributed by atoms with Crippen LogP contribution in [0.3, 0.4) is 0 Å². The number of likely N-dealkylation sites (N-methyl/N-ethyl adjacent to an activating group) is 1. The Kier molecular flexibility index (Phi) is 8.83. The highest BCUT2D eigenvalue weighted by Crippen LogP contribution is 2.29. The van der Waals surface area contributed by atoms with Crippen LogP contribution in [0, 0.1) is 0 Å². The van der Waals surface area contributed by atoms with E-state index in [4.69, 9.17) is 14.2 Å². The molecule has 1 aromatic rings. The number of carbonyl (C=O) groups is 1. The van der Waals surface area contributed by atoms with E-state index < -0.39 is 10.0 Å². The first-order chi connectivity index (χ1) is 12.2. The van der Waals surface area contributed by atoms with Gasteiger partial charge in [0.2, 0.25) is 15.9 Å². The van der Waals surface area contributed by atoms with Crippen LogP contribution >= 0.6 is 0 Å². The number of ether oxygens (including phenoxy) is 3. The first-order valence-electron chi connectivity index (χ1n) is 8.29. The number of nitrogens with zero attached hydrogens (tertiary/aromatic N) is 1. The number of amides is 1. The van der Waals surface area contributed by atoms with Gasteiger partial charge in [0.15, 0.2) is 0 Å². The summed E-state index contributed by atoms with van der Waals surface area (Å²) >= 11 is 0. The maximum Gasteiger partial charge on any atom is 0.247 e. The Morgan fingerprint density at radius 2 is 1.92 bits per heavy atom. The number of benzene rings is 1. The molecule has 0 saturated heterocycles. The summed E-state index contributed by atoms with van der Waals surface area (Å²) in [5, 5.41) is 2.68. The van der Waals surface area contributed by atoms with Crippen molar-refractivity contribution in [3.8, 4) is 11.5 Å². The van der Waals surface area contributed by atoms with E-state index in [1.807, 2.05) is 13.8 Å². The Hall–Kier alpha value is -1.84. The molecule has 9 heteroatoms. The van der Waals surface area contributed by atoms with Crippen LogP contribution in [0.2, 0.25) is 0 Å². The highest BCUT2D eigenvalue weighted by molar-refractivity contribution is 7.89. The second-order valence-electron chi connectivity index (χ2n) is 5.90. The molecule has 0 aliphatic heterocycles. The number of sulfonamides is 1. The van der Waals surface area contributed by atoms with Crippen LogP contribution in [-0.2, 0) is 19.6 Å². The lowest BCUT2D eigenvalue weighted by molar-refractivity contribution is -0.121. The molecule has 0 saturated carbocycles. The van der Waals surface area contributed by atoms with Crippen molar-refractivity contribution in [1.29, 1.82) is 0 Å². The first kappa shape index (κ1) is 22.2. The second kappa shape index (κ2) is 10.3. The number of carbonyl (C=O) groups excluding carboxylic acids is 1. The summed E-state index contributed by atoms with van der Waals surface area (Å²) in [6, 6.07) is 4.48. The number of rotatable bonds is 11. The Morgan fingerprint density at radius 1 is 1.23 bits per heavy atom. The quantitative estimate of drug-likeness (QED) is 0.574. The summed E-state index contributed by atoms with van der Waals surface area (Å²) in [5.41, 5.74) is 0. The number of methoxy groups -OCH3 is 2. The van der Waals surface area contributed by atoms with Crippen molar-refractivity contribution in [1.82, 2.24) is 9.62 Å². The van der Waals surface area contributed by atoms with Gasteiger partial charge >= 0.3 is 0 Å². The Morgan fingerprint density at radius 3 is 2.50 bits per heavy atom. The molecule has 1 aromatic carbocycles. The molecule has 26 heavy (non-hydrogen) atoms. The minimum absolute atomic E-state index is 0.0556. The molecule has 0 aliphatic carbocycles. The van der Waals surface area contributed by atoms with E-state index in [9.17, 15) is 13.2 Å². The molecule has 1 amide bonds. The van der Waals surface area contributed by atoms with Crippen LogP contribution in [0.15, 0.2) is 23.1 Å². The smallest absolute Gasteiger partial charge is 0.247 e. The highest BCUT2D eigenvalue weighted by atomic mass is 32.2. The molecule has 8 nitrogen and oxygen atoms in total. The van der Waals surface area contributed by atoms with E-state index in [-0.39, 0.29) is 29.2 Å². The van der Waals surface area contributed by atoms with Crippen molar-refractivity contribution in [2.45, 2.75) is 31.3 Å². The zero-order valence-electron chi connectivity index (χ0n) is 15.9. The van der Waals surface area contributed by atoms with E-state index in [2.05, 4.69) is 5.32 Å². The zero-order valence-corrected chi connectivity index (χ0v) is 16.8. The molecule has 0 aliphatic rings. The van der Waals surface area contributed by atoms with E-state index in [0.29, 0.717) is 25.3 Å². The largest absolute Gasteiger partial charge is 0.497 e. The van der Waals surface area contributed by atoms with Crippen molar-refractivity contribution in [3.63, 3.8) is 0 Å². The van der Waals surface area contributed by atoms with Crippen molar-refractivity contribution in [3.05, 3.63) is 18.2 Å². The average molecular weight is 388 g/mol. The highest BCUT2D eigenvalue weighted by Gasteiger charge is 2.27. The van der Waals surface area contributed by atoms with Gasteiger partial charge in [-0.25, -0.2) is 8.42 Å². The normalized spacial score (nSPS) is 11.7. The Balaban J connectivity index is 2.70. The third-order valence-corrected chi connectivity index (χ3v) is 5.34. The summed E-state index contributed by atoms with van der Waals surface area (Å²) in [4.78, 5) is 11.9. The zero-order chi connectivity index (χ0) is 19.7. The van der Waals surface area contributed by atoms with Crippen molar-refractivity contribution in [2.75, 3.05) is 41.0 Å². The van der Waals surface area contributed by atoms with Crippen molar-refractivity contribution < 1.29 is 27.4 Å². The lowest BCUT2D eigenvalue weighted by atomic mass is 10.3. The van der Waals surface area contributed by atoms with Crippen LogP contribution in [0.4, 0.5) is 0 Å². The monoisotopic (exact) mass is 388 g/mol. The fourth-order valence-electron chi connectivity index (χ4n) is 2.12. The van der Waals surface area contributed by atoms with Crippen molar-refractivity contribution in [2.24, 2.45) is 0 Å². The van der Waals surface area contributed by atoms with Gasteiger partial charge in [-0.15, -0.1) is 0 Å². The SMILES string of the molecule is COc1ccc(OC)c(S(=O)(=O)N(C)CC(=O)NCCCOC(C)C)c1. The van der Waals surface area contributed by atoms with Gasteiger partial charge in [-0.1, -0.05) is 0 Å². The van der Waals surface area contributed by atoms with Crippen LogP contribution < -0.4 is 14.8 Å².